The van der Waals surface area contributed by atoms with E-state index in [4.69, 9.17) is 9.72 Å². The Morgan fingerprint density at radius 3 is 2.60 bits per heavy atom. The SMILES string of the molecule is Cc1ccc2c(c1)C(C)(C)C1(C=Cc3c(c(-c4nc5ccccc5s4)cc4ccccc34)O1)N2C. The van der Waals surface area contributed by atoms with E-state index in [0.717, 1.165) is 27.4 Å². The number of nitrogens with zero attached hydrogens (tertiary/aromatic N) is 2. The molecule has 0 saturated heterocycles. The molecular formula is C31H26N2OS. The van der Waals surface area contributed by atoms with Crippen LogP contribution in [0.3, 0.4) is 0 Å². The van der Waals surface area contributed by atoms with Gasteiger partial charge in [-0.3, -0.25) is 0 Å². The Balaban J connectivity index is 1.49. The van der Waals surface area contributed by atoms with Crippen molar-refractivity contribution in [3.8, 4) is 16.3 Å². The molecule has 1 unspecified atom stereocenters. The number of thiazole rings is 1. The number of hydrogen-bond acceptors (Lipinski definition) is 4. The Labute approximate surface area is 209 Å². The van der Waals surface area contributed by atoms with E-state index in [0.29, 0.717) is 0 Å². The molecule has 0 bridgehead atoms. The van der Waals surface area contributed by atoms with Gasteiger partial charge in [-0.05, 0) is 73.5 Å². The zero-order valence-corrected chi connectivity index (χ0v) is 21.1. The standard InChI is InChI=1S/C31H26N2OS/c1-19-13-14-26-24(17-19)30(2,3)31(33(26)4)16-15-22-21-10-6-5-9-20(21)18-23(28(22)34-31)29-32-25-11-7-8-12-27(25)35-29/h5-18H,1-4H3. The van der Waals surface area contributed by atoms with Crippen LogP contribution in [0.1, 0.15) is 30.5 Å². The van der Waals surface area contributed by atoms with E-state index in [-0.39, 0.29) is 5.41 Å². The maximum absolute atomic E-state index is 7.23. The molecule has 4 heteroatoms. The predicted octanol–water partition coefficient (Wildman–Crippen LogP) is 7.95. The normalized spacial score (nSPS) is 19.8. The van der Waals surface area contributed by atoms with Gasteiger partial charge in [0.05, 0.1) is 21.2 Å². The van der Waals surface area contributed by atoms with Crippen LogP contribution >= 0.6 is 11.3 Å². The highest BCUT2D eigenvalue weighted by atomic mass is 32.1. The van der Waals surface area contributed by atoms with Crippen LogP contribution in [0.25, 0.3) is 37.6 Å². The largest absolute Gasteiger partial charge is 0.462 e. The van der Waals surface area contributed by atoms with Crippen LogP contribution in [0.15, 0.2) is 78.9 Å². The molecule has 4 aromatic carbocycles. The summed E-state index contributed by atoms with van der Waals surface area (Å²) in [6.07, 6.45) is 4.54. The van der Waals surface area contributed by atoms with E-state index in [9.17, 15) is 0 Å². The number of likely N-dealkylation sites (N-methyl/N-ethyl adjacent to an activating group) is 1. The van der Waals surface area contributed by atoms with Crippen molar-refractivity contribution in [2.75, 3.05) is 11.9 Å². The van der Waals surface area contributed by atoms with Crippen LogP contribution in [-0.4, -0.2) is 17.8 Å². The first-order valence-electron chi connectivity index (χ1n) is 12.0. The Hall–Kier alpha value is -3.63. The zero-order chi connectivity index (χ0) is 23.9. The van der Waals surface area contributed by atoms with Crippen LogP contribution in [0.2, 0.25) is 0 Å². The van der Waals surface area contributed by atoms with Crippen LogP contribution in [0.5, 0.6) is 5.75 Å². The number of aryl methyl sites for hydroxylation is 1. The Morgan fingerprint density at radius 1 is 0.943 bits per heavy atom. The van der Waals surface area contributed by atoms with Crippen molar-refractivity contribution < 1.29 is 4.74 Å². The molecule has 0 saturated carbocycles. The minimum absolute atomic E-state index is 0.256. The summed E-state index contributed by atoms with van der Waals surface area (Å²) in [5, 5.41) is 3.39. The van der Waals surface area contributed by atoms with Crippen LogP contribution in [0, 0.1) is 6.92 Å². The summed E-state index contributed by atoms with van der Waals surface area (Å²) >= 11 is 1.72. The number of fused-ring (bicyclic) bond motifs is 5. The average Bonchev–Trinajstić information content (AvgIpc) is 3.36. The van der Waals surface area contributed by atoms with Gasteiger partial charge >= 0.3 is 0 Å². The molecule has 3 heterocycles. The van der Waals surface area contributed by atoms with Gasteiger partial charge in [0.15, 0.2) is 0 Å². The minimum atomic E-state index is -0.635. The molecule has 1 atom stereocenters. The molecule has 0 amide bonds. The van der Waals surface area contributed by atoms with Gasteiger partial charge in [-0.2, -0.15) is 0 Å². The summed E-state index contributed by atoms with van der Waals surface area (Å²) in [5.41, 5.74) is 6.11. The van der Waals surface area contributed by atoms with E-state index in [2.05, 4.69) is 112 Å². The lowest BCUT2D eigenvalue weighted by molar-refractivity contribution is 0.0590. The molecule has 2 aliphatic rings. The molecule has 0 radical (unpaired) electrons. The maximum atomic E-state index is 7.23. The molecule has 0 aliphatic carbocycles. The molecule has 172 valence electrons. The van der Waals surface area contributed by atoms with Crippen LogP contribution in [-0.2, 0) is 5.41 Å². The smallest absolute Gasteiger partial charge is 0.211 e. The second-order valence-corrected chi connectivity index (χ2v) is 11.2. The molecule has 1 spiro atoms. The number of ether oxygens (including phenoxy) is 1. The zero-order valence-electron chi connectivity index (χ0n) is 20.3. The second-order valence-electron chi connectivity index (χ2n) is 10.2. The van der Waals surface area contributed by atoms with E-state index >= 15 is 0 Å². The Morgan fingerprint density at radius 2 is 1.74 bits per heavy atom. The highest BCUT2D eigenvalue weighted by Crippen LogP contribution is 2.56. The van der Waals surface area contributed by atoms with Crippen molar-refractivity contribution in [1.82, 2.24) is 4.98 Å². The Kier molecular flexibility index (Phi) is 4.12. The number of hydrogen-bond donors (Lipinski definition) is 0. The molecule has 5 aromatic rings. The fourth-order valence-corrected chi connectivity index (χ4v) is 6.89. The number of rotatable bonds is 1. The van der Waals surface area contributed by atoms with Gasteiger partial charge in [-0.15, -0.1) is 11.3 Å². The summed E-state index contributed by atoms with van der Waals surface area (Å²) in [6, 6.07) is 25.9. The lowest BCUT2D eigenvalue weighted by Gasteiger charge is -2.46. The topological polar surface area (TPSA) is 25.4 Å². The summed E-state index contributed by atoms with van der Waals surface area (Å²) in [5.74, 6) is 0.912. The van der Waals surface area contributed by atoms with Gasteiger partial charge in [0.25, 0.3) is 0 Å². The van der Waals surface area contributed by atoms with E-state index in [1.54, 1.807) is 11.3 Å². The van der Waals surface area contributed by atoms with E-state index in [1.807, 2.05) is 6.07 Å². The summed E-state index contributed by atoms with van der Waals surface area (Å²) in [4.78, 5) is 7.32. The fraction of sp³-hybridized carbons (Fsp3) is 0.194. The molecule has 0 fully saturated rings. The third kappa shape index (κ3) is 2.69. The predicted molar refractivity (Wildman–Crippen MR) is 148 cm³/mol. The summed E-state index contributed by atoms with van der Waals surface area (Å²) in [7, 11) is 2.15. The summed E-state index contributed by atoms with van der Waals surface area (Å²) in [6.45, 7) is 6.75. The number of aromatic nitrogens is 1. The van der Waals surface area contributed by atoms with Gasteiger partial charge in [-0.1, -0.05) is 54.1 Å². The highest BCUT2D eigenvalue weighted by molar-refractivity contribution is 7.21. The first-order valence-corrected chi connectivity index (χ1v) is 12.9. The lowest BCUT2D eigenvalue weighted by atomic mass is 9.76. The Bertz CT molecular complexity index is 1660. The van der Waals surface area contributed by atoms with Crippen LogP contribution in [0.4, 0.5) is 5.69 Å². The second kappa shape index (κ2) is 6.96. The minimum Gasteiger partial charge on any atom is -0.462 e. The molecule has 7 rings (SSSR count). The van der Waals surface area contributed by atoms with Crippen molar-refractivity contribution >= 4 is 44.1 Å². The number of anilines is 1. The highest BCUT2D eigenvalue weighted by Gasteiger charge is 2.58. The monoisotopic (exact) mass is 474 g/mol. The van der Waals surface area contributed by atoms with Crippen molar-refractivity contribution in [2.24, 2.45) is 0 Å². The molecular weight excluding hydrogens is 448 g/mol. The third-order valence-electron chi connectivity index (χ3n) is 7.88. The van der Waals surface area contributed by atoms with Crippen molar-refractivity contribution in [2.45, 2.75) is 31.9 Å². The molecule has 1 aromatic heterocycles. The van der Waals surface area contributed by atoms with Crippen molar-refractivity contribution in [3.05, 3.63) is 95.6 Å². The first-order chi connectivity index (χ1) is 16.9. The molecule has 0 N–H and O–H groups in total. The van der Waals surface area contributed by atoms with E-state index < -0.39 is 5.72 Å². The number of para-hydroxylation sites is 1. The third-order valence-corrected chi connectivity index (χ3v) is 8.95. The molecule has 3 nitrogen and oxygen atoms in total. The van der Waals surface area contributed by atoms with Crippen molar-refractivity contribution in [3.63, 3.8) is 0 Å². The van der Waals surface area contributed by atoms with Gasteiger partial charge in [0.1, 0.15) is 10.8 Å². The lowest BCUT2D eigenvalue weighted by Crippen LogP contribution is -2.58. The van der Waals surface area contributed by atoms with Crippen LogP contribution < -0.4 is 9.64 Å². The van der Waals surface area contributed by atoms with Gasteiger partial charge in [0.2, 0.25) is 5.72 Å². The van der Waals surface area contributed by atoms with E-state index in [1.165, 1.54) is 32.3 Å². The quantitative estimate of drug-likeness (QED) is 0.246. The maximum Gasteiger partial charge on any atom is 0.211 e. The molecule has 2 aliphatic heterocycles. The van der Waals surface area contributed by atoms with Gasteiger partial charge < -0.3 is 9.64 Å². The number of benzene rings is 4. The van der Waals surface area contributed by atoms with Gasteiger partial charge in [0, 0.05) is 18.3 Å². The molecule has 35 heavy (non-hydrogen) atoms. The summed E-state index contributed by atoms with van der Waals surface area (Å²) < 4.78 is 8.41. The first kappa shape index (κ1) is 20.7. The average molecular weight is 475 g/mol. The van der Waals surface area contributed by atoms with Gasteiger partial charge in [-0.25, -0.2) is 4.98 Å². The van der Waals surface area contributed by atoms with Crippen molar-refractivity contribution in [1.29, 1.82) is 0 Å². The fourth-order valence-electron chi connectivity index (χ4n) is 5.91.